The summed E-state index contributed by atoms with van der Waals surface area (Å²) in [6, 6.07) is 8.57. The van der Waals surface area contributed by atoms with Crippen molar-refractivity contribution in [2.45, 2.75) is 69.7 Å². The largest absolute Gasteiger partial charge is 0.450 e. The molecule has 4 rings (SSSR count). The molecule has 0 radical (unpaired) electrons. The van der Waals surface area contributed by atoms with Gasteiger partial charge in [-0.2, -0.15) is 0 Å². The standard InChI is InChI=1S/C26H35N3O5S/c1-3-34-26(31)29-15-13-21(14-16-29)28-35(32,33)22-11-12-23-20(17-22)10-9-18(2)24(23)27-25(30)19-7-5-4-6-8-19/h9-12,17,19,21,28H,3-8,13-16H2,1-2H3,(H,27,30). The van der Waals surface area contributed by atoms with E-state index in [0.29, 0.717) is 32.5 Å². The maximum Gasteiger partial charge on any atom is 0.409 e. The van der Waals surface area contributed by atoms with Crippen molar-refractivity contribution in [3.8, 4) is 0 Å². The van der Waals surface area contributed by atoms with Gasteiger partial charge in [0.15, 0.2) is 0 Å². The first-order valence-electron chi connectivity index (χ1n) is 12.6. The molecule has 2 aromatic carbocycles. The van der Waals surface area contributed by atoms with Crippen molar-refractivity contribution in [2.24, 2.45) is 5.92 Å². The van der Waals surface area contributed by atoms with Crippen LogP contribution in [0, 0.1) is 12.8 Å². The predicted molar refractivity (Wildman–Crippen MR) is 136 cm³/mol. The smallest absolute Gasteiger partial charge is 0.409 e. The lowest BCUT2D eigenvalue weighted by Gasteiger charge is -2.31. The first-order valence-corrected chi connectivity index (χ1v) is 14.0. The van der Waals surface area contributed by atoms with Crippen molar-refractivity contribution in [3.63, 3.8) is 0 Å². The summed E-state index contributed by atoms with van der Waals surface area (Å²) >= 11 is 0. The molecule has 2 amide bonds. The number of anilines is 1. The molecule has 0 bridgehead atoms. The third-order valence-electron chi connectivity index (χ3n) is 7.08. The number of ether oxygens (including phenoxy) is 1. The van der Waals surface area contributed by atoms with E-state index < -0.39 is 10.0 Å². The van der Waals surface area contributed by atoms with Crippen molar-refractivity contribution in [1.29, 1.82) is 0 Å². The van der Waals surface area contributed by atoms with Crippen LogP contribution < -0.4 is 10.0 Å². The summed E-state index contributed by atoms with van der Waals surface area (Å²) in [6.45, 7) is 4.93. The van der Waals surface area contributed by atoms with Gasteiger partial charge in [0.2, 0.25) is 15.9 Å². The minimum Gasteiger partial charge on any atom is -0.450 e. The molecule has 190 valence electrons. The number of hydrogen-bond acceptors (Lipinski definition) is 5. The number of rotatable bonds is 6. The molecule has 9 heteroatoms. The maximum absolute atomic E-state index is 13.1. The number of hydrogen-bond donors (Lipinski definition) is 2. The third-order valence-corrected chi connectivity index (χ3v) is 8.60. The summed E-state index contributed by atoms with van der Waals surface area (Å²) in [5.74, 6) is 0.0883. The number of fused-ring (bicyclic) bond motifs is 1. The quantitative estimate of drug-likeness (QED) is 0.604. The number of aryl methyl sites for hydroxylation is 1. The van der Waals surface area contributed by atoms with E-state index in [2.05, 4.69) is 10.0 Å². The van der Waals surface area contributed by atoms with Gasteiger partial charge >= 0.3 is 6.09 Å². The molecule has 1 aliphatic carbocycles. The zero-order valence-corrected chi connectivity index (χ0v) is 21.3. The van der Waals surface area contributed by atoms with Crippen molar-refractivity contribution in [3.05, 3.63) is 35.9 Å². The van der Waals surface area contributed by atoms with Crippen LogP contribution in [0.3, 0.4) is 0 Å². The molecule has 1 aliphatic heterocycles. The van der Waals surface area contributed by atoms with E-state index in [1.165, 1.54) is 6.42 Å². The number of piperidine rings is 1. The monoisotopic (exact) mass is 501 g/mol. The van der Waals surface area contributed by atoms with Gasteiger partial charge in [0.1, 0.15) is 0 Å². The molecule has 1 saturated heterocycles. The van der Waals surface area contributed by atoms with Crippen LogP contribution in [0.2, 0.25) is 0 Å². The second-order valence-corrected chi connectivity index (χ2v) is 11.3. The highest BCUT2D eigenvalue weighted by Crippen LogP contribution is 2.31. The Labute approximate surface area is 207 Å². The Kier molecular flexibility index (Phi) is 7.96. The van der Waals surface area contributed by atoms with Gasteiger partial charge in [-0.3, -0.25) is 4.79 Å². The first kappa shape index (κ1) is 25.4. The van der Waals surface area contributed by atoms with E-state index in [-0.39, 0.29) is 28.9 Å². The SMILES string of the molecule is CCOC(=O)N1CCC(NS(=O)(=O)c2ccc3c(NC(=O)C4CCCCC4)c(C)ccc3c2)CC1. The normalized spacial score (nSPS) is 17.9. The highest BCUT2D eigenvalue weighted by Gasteiger charge is 2.28. The zero-order chi connectivity index (χ0) is 25.0. The lowest BCUT2D eigenvalue weighted by Crippen LogP contribution is -2.46. The molecule has 0 aromatic heterocycles. The molecule has 35 heavy (non-hydrogen) atoms. The molecule has 2 aliphatic rings. The fraction of sp³-hybridized carbons (Fsp3) is 0.538. The molecule has 1 saturated carbocycles. The van der Waals surface area contributed by atoms with Crippen molar-refractivity contribution >= 4 is 38.5 Å². The van der Waals surface area contributed by atoms with E-state index in [9.17, 15) is 18.0 Å². The van der Waals surface area contributed by atoms with Crippen LogP contribution >= 0.6 is 0 Å². The number of nitrogens with zero attached hydrogens (tertiary/aromatic N) is 1. The number of nitrogens with one attached hydrogen (secondary N) is 2. The summed E-state index contributed by atoms with van der Waals surface area (Å²) in [5, 5.41) is 4.71. The Morgan fingerprint density at radius 3 is 2.43 bits per heavy atom. The van der Waals surface area contributed by atoms with Crippen LogP contribution in [0.1, 0.15) is 57.4 Å². The van der Waals surface area contributed by atoms with Gasteiger partial charge in [0.25, 0.3) is 0 Å². The van der Waals surface area contributed by atoms with Gasteiger partial charge in [0.05, 0.1) is 17.2 Å². The molecule has 8 nitrogen and oxygen atoms in total. The van der Waals surface area contributed by atoms with Gasteiger partial charge in [0, 0.05) is 30.4 Å². The predicted octanol–water partition coefficient (Wildman–Crippen LogP) is 4.57. The highest BCUT2D eigenvalue weighted by molar-refractivity contribution is 7.89. The number of likely N-dealkylation sites (tertiary alicyclic amines) is 1. The Morgan fingerprint density at radius 1 is 1.03 bits per heavy atom. The lowest BCUT2D eigenvalue weighted by molar-refractivity contribution is -0.120. The second-order valence-electron chi connectivity index (χ2n) is 9.55. The average Bonchev–Trinajstić information content (AvgIpc) is 2.86. The van der Waals surface area contributed by atoms with Gasteiger partial charge in [-0.1, -0.05) is 37.5 Å². The molecule has 0 unspecified atom stereocenters. The Balaban J connectivity index is 1.47. The number of carbonyl (C=O) groups is 2. The van der Waals surface area contributed by atoms with Gasteiger partial charge < -0.3 is 15.0 Å². The summed E-state index contributed by atoms with van der Waals surface area (Å²) in [5.41, 5.74) is 1.70. The fourth-order valence-corrected chi connectivity index (χ4v) is 6.36. The second kappa shape index (κ2) is 11.0. The molecular weight excluding hydrogens is 466 g/mol. The Bertz CT molecular complexity index is 1180. The van der Waals surface area contributed by atoms with E-state index >= 15 is 0 Å². The Hall–Kier alpha value is -2.65. The van der Waals surface area contributed by atoms with Crippen molar-refractivity contribution in [2.75, 3.05) is 25.0 Å². The van der Waals surface area contributed by atoms with Crippen LogP contribution in [-0.4, -0.2) is 51.1 Å². The number of sulfonamides is 1. The van der Waals surface area contributed by atoms with E-state index in [1.54, 1.807) is 30.0 Å². The minimum absolute atomic E-state index is 0.0394. The van der Waals surface area contributed by atoms with Crippen LogP contribution in [0.4, 0.5) is 10.5 Å². The molecule has 2 fully saturated rings. The molecular formula is C26H35N3O5S. The fourth-order valence-electron chi connectivity index (χ4n) is 5.02. The van der Waals surface area contributed by atoms with E-state index in [0.717, 1.165) is 47.7 Å². The summed E-state index contributed by atoms with van der Waals surface area (Å²) in [6.07, 6.45) is 5.90. The van der Waals surface area contributed by atoms with Crippen LogP contribution in [-0.2, 0) is 19.6 Å². The molecule has 1 heterocycles. The number of benzene rings is 2. The molecule has 2 aromatic rings. The number of amides is 2. The zero-order valence-electron chi connectivity index (χ0n) is 20.5. The topological polar surface area (TPSA) is 105 Å². The van der Waals surface area contributed by atoms with Crippen LogP contribution in [0.5, 0.6) is 0 Å². The van der Waals surface area contributed by atoms with Crippen molar-refractivity contribution in [1.82, 2.24) is 9.62 Å². The van der Waals surface area contributed by atoms with E-state index in [4.69, 9.17) is 4.74 Å². The minimum atomic E-state index is -3.73. The summed E-state index contributed by atoms with van der Waals surface area (Å²) < 4.78 is 34.0. The van der Waals surface area contributed by atoms with Gasteiger partial charge in [-0.05, 0) is 62.6 Å². The van der Waals surface area contributed by atoms with Crippen LogP contribution in [0.25, 0.3) is 10.8 Å². The van der Waals surface area contributed by atoms with Gasteiger partial charge in [-0.15, -0.1) is 0 Å². The molecule has 0 atom stereocenters. The maximum atomic E-state index is 13.1. The Morgan fingerprint density at radius 2 is 1.74 bits per heavy atom. The summed E-state index contributed by atoms with van der Waals surface area (Å²) in [4.78, 5) is 26.5. The van der Waals surface area contributed by atoms with Crippen molar-refractivity contribution < 1.29 is 22.7 Å². The lowest BCUT2D eigenvalue weighted by atomic mass is 9.88. The molecule has 2 N–H and O–H groups in total. The summed E-state index contributed by atoms with van der Waals surface area (Å²) in [7, 11) is -3.73. The molecule has 0 spiro atoms. The first-order chi connectivity index (χ1) is 16.8. The number of carbonyl (C=O) groups excluding carboxylic acids is 2. The van der Waals surface area contributed by atoms with Gasteiger partial charge in [-0.25, -0.2) is 17.9 Å². The van der Waals surface area contributed by atoms with Crippen LogP contribution in [0.15, 0.2) is 35.2 Å². The van der Waals surface area contributed by atoms with E-state index in [1.807, 2.05) is 19.1 Å². The third kappa shape index (κ3) is 5.95. The highest BCUT2D eigenvalue weighted by atomic mass is 32.2. The average molecular weight is 502 g/mol.